The zero-order chi connectivity index (χ0) is 21.8. The maximum atomic E-state index is 12.3. The van der Waals surface area contributed by atoms with Gasteiger partial charge in [-0.3, -0.25) is 0 Å². The van der Waals surface area contributed by atoms with E-state index in [-0.39, 0.29) is 11.6 Å². The summed E-state index contributed by atoms with van der Waals surface area (Å²) < 4.78 is 17.5. The number of halogens is 2. The second kappa shape index (κ2) is 9.37. The molecule has 0 amide bonds. The zero-order valence-corrected chi connectivity index (χ0v) is 18.8. The number of carbonyl (C=O) groups is 1. The molecule has 0 bridgehead atoms. The highest BCUT2D eigenvalue weighted by atomic mass is 79.9. The van der Waals surface area contributed by atoms with E-state index >= 15 is 0 Å². The lowest BCUT2D eigenvalue weighted by Crippen LogP contribution is -2.05. The first-order valence-corrected chi connectivity index (χ1v) is 10.5. The molecule has 0 N–H and O–H groups in total. The molecule has 3 aromatic carbocycles. The Labute approximate surface area is 193 Å². The minimum absolute atomic E-state index is 0.210. The first kappa shape index (κ1) is 21.2. The number of rotatable bonds is 6. The first-order valence-electron chi connectivity index (χ1n) is 9.36. The summed E-state index contributed by atoms with van der Waals surface area (Å²) in [5.74, 6) is 0.859. The summed E-state index contributed by atoms with van der Waals surface area (Å²) in [4.78, 5) is 16.6. The Bertz CT molecular complexity index is 1210. The molecule has 1 heterocycles. The SMILES string of the molecule is COc1cc(C=C2N=C(c3cccc(Br)c3)OC2=O)ccc1OCc1ccccc1Cl. The average Bonchev–Trinajstić information content (AvgIpc) is 3.14. The molecule has 0 unspecified atom stereocenters. The van der Waals surface area contributed by atoms with Crippen LogP contribution in [0.2, 0.25) is 5.02 Å². The average molecular weight is 499 g/mol. The smallest absolute Gasteiger partial charge is 0.363 e. The van der Waals surface area contributed by atoms with Gasteiger partial charge >= 0.3 is 5.97 Å². The fourth-order valence-electron chi connectivity index (χ4n) is 2.98. The van der Waals surface area contributed by atoms with Crippen molar-refractivity contribution in [2.24, 2.45) is 4.99 Å². The van der Waals surface area contributed by atoms with Crippen molar-refractivity contribution in [1.82, 2.24) is 0 Å². The van der Waals surface area contributed by atoms with E-state index in [9.17, 15) is 4.79 Å². The molecule has 0 spiro atoms. The van der Waals surface area contributed by atoms with Crippen LogP contribution in [0.1, 0.15) is 16.7 Å². The van der Waals surface area contributed by atoms with Gasteiger partial charge in [-0.05, 0) is 48.0 Å². The second-order valence-electron chi connectivity index (χ2n) is 6.64. The maximum absolute atomic E-state index is 12.3. The van der Waals surface area contributed by atoms with Crippen LogP contribution >= 0.6 is 27.5 Å². The van der Waals surface area contributed by atoms with Gasteiger partial charge in [0.15, 0.2) is 17.2 Å². The van der Waals surface area contributed by atoms with Crippen LogP contribution < -0.4 is 9.47 Å². The third-order valence-electron chi connectivity index (χ3n) is 4.52. The normalized spacial score (nSPS) is 14.4. The fraction of sp³-hybridized carbons (Fsp3) is 0.0833. The van der Waals surface area contributed by atoms with E-state index in [4.69, 9.17) is 25.8 Å². The Hall–Kier alpha value is -3.09. The van der Waals surface area contributed by atoms with Crippen molar-refractivity contribution < 1.29 is 19.0 Å². The largest absolute Gasteiger partial charge is 0.493 e. The van der Waals surface area contributed by atoms with Gasteiger partial charge in [-0.15, -0.1) is 0 Å². The second-order valence-corrected chi connectivity index (χ2v) is 7.96. The van der Waals surface area contributed by atoms with E-state index in [1.54, 1.807) is 25.3 Å². The van der Waals surface area contributed by atoms with Gasteiger partial charge in [0.2, 0.25) is 5.90 Å². The van der Waals surface area contributed by atoms with Crippen LogP contribution in [0.5, 0.6) is 11.5 Å². The Morgan fingerprint density at radius 3 is 2.68 bits per heavy atom. The van der Waals surface area contributed by atoms with Gasteiger partial charge in [0, 0.05) is 20.6 Å². The van der Waals surface area contributed by atoms with Crippen molar-refractivity contribution in [3.05, 3.63) is 98.6 Å². The summed E-state index contributed by atoms with van der Waals surface area (Å²) in [7, 11) is 1.56. The van der Waals surface area contributed by atoms with E-state index in [1.165, 1.54) is 0 Å². The van der Waals surface area contributed by atoms with Gasteiger partial charge < -0.3 is 14.2 Å². The topological polar surface area (TPSA) is 57.1 Å². The van der Waals surface area contributed by atoms with Crippen molar-refractivity contribution in [3.8, 4) is 11.5 Å². The lowest BCUT2D eigenvalue weighted by molar-refractivity contribution is -0.129. The number of carbonyl (C=O) groups excluding carboxylic acids is 1. The number of hydrogen-bond acceptors (Lipinski definition) is 5. The Kier molecular flexibility index (Phi) is 6.39. The molecule has 4 rings (SSSR count). The van der Waals surface area contributed by atoms with Crippen molar-refractivity contribution in [2.45, 2.75) is 6.61 Å². The van der Waals surface area contributed by atoms with Crippen LogP contribution in [0.3, 0.4) is 0 Å². The maximum Gasteiger partial charge on any atom is 0.363 e. The van der Waals surface area contributed by atoms with Gasteiger partial charge in [0.25, 0.3) is 0 Å². The van der Waals surface area contributed by atoms with Gasteiger partial charge in [-0.2, -0.15) is 0 Å². The van der Waals surface area contributed by atoms with Crippen molar-refractivity contribution >= 4 is 45.5 Å². The number of ether oxygens (including phenoxy) is 3. The van der Waals surface area contributed by atoms with E-state index in [1.807, 2.05) is 54.6 Å². The Morgan fingerprint density at radius 1 is 1.06 bits per heavy atom. The lowest BCUT2D eigenvalue weighted by atomic mass is 10.1. The Morgan fingerprint density at radius 2 is 1.90 bits per heavy atom. The van der Waals surface area contributed by atoms with Crippen molar-refractivity contribution in [2.75, 3.05) is 7.11 Å². The highest BCUT2D eigenvalue weighted by Gasteiger charge is 2.24. The number of cyclic esters (lactones) is 1. The number of nitrogens with zero attached hydrogens (tertiary/aromatic N) is 1. The van der Waals surface area contributed by atoms with Crippen molar-refractivity contribution in [1.29, 1.82) is 0 Å². The molecular formula is C24H17BrClNO4. The number of benzene rings is 3. The molecule has 1 aliphatic rings. The number of hydrogen-bond donors (Lipinski definition) is 0. The molecule has 0 atom stereocenters. The number of esters is 1. The van der Waals surface area contributed by atoms with Crippen LogP contribution in [-0.4, -0.2) is 19.0 Å². The monoisotopic (exact) mass is 497 g/mol. The molecular weight excluding hydrogens is 482 g/mol. The summed E-state index contributed by atoms with van der Waals surface area (Å²) in [6.45, 7) is 0.309. The van der Waals surface area contributed by atoms with Crippen LogP contribution in [-0.2, 0) is 16.1 Å². The van der Waals surface area contributed by atoms with Gasteiger partial charge in [0.1, 0.15) is 6.61 Å². The highest BCUT2D eigenvalue weighted by Crippen LogP contribution is 2.31. The molecule has 0 saturated heterocycles. The third-order valence-corrected chi connectivity index (χ3v) is 5.39. The van der Waals surface area contributed by atoms with Gasteiger partial charge in [-0.1, -0.05) is 57.9 Å². The van der Waals surface area contributed by atoms with Gasteiger partial charge in [-0.25, -0.2) is 9.79 Å². The van der Waals surface area contributed by atoms with Crippen LogP contribution in [0.15, 0.2) is 81.9 Å². The van der Waals surface area contributed by atoms with Gasteiger partial charge in [0.05, 0.1) is 7.11 Å². The number of methoxy groups -OCH3 is 1. The molecule has 0 aliphatic carbocycles. The molecule has 0 fully saturated rings. The van der Waals surface area contributed by atoms with E-state index in [2.05, 4.69) is 20.9 Å². The minimum Gasteiger partial charge on any atom is -0.493 e. The quantitative estimate of drug-likeness (QED) is 0.307. The molecule has 7 heteroatoms. The van der Waals surface area contributed by atoms with Crippen molar-refractivity contribution in [3.63, 3.8) is 0 Å². The minimum atomic E-state index is -0.506. The van der Waals surface area contributed by atoms with E-state index in [0.717, 1.165) is 15.6 Å². The van der Waals surface area contributed by atoms with Crippen LogP contribution in [0, 0.1) is 0 Å². The predicted octanol–water partition coefficient (Wildman–Crippen LogP) is 6.03. The fourth-order valence-corrected chi connectivity index (χ4v) is 3.57. The Balaban J connectivity index is 1.55. The van der Waals surface area contributed by atoms with E-state index in [0.29, 0.717) is 28.7 Å². The summed E-state index contributed by atoms with van der Waals surface area (Å²) in [6, 6.07) is 20.3. The molecule has 31 heavy (non-hydrogen) atoms. The zero-order valence-electron chi connectivity index (χ0n) is 16.5. The molecule has 156 valence electrons. The molecule has 1 aliphatic heterocycles. The van der Waals surface area contributed by atoms with Crippen LogP contribution in [0.4, 0.5) is 0 Å². The number of aliphatic imine (C=N–C) groups is 1. The predicted molar refractivity (Wildman–Crippen MR) is 124 cm³/mol. The van der Waals surface area contributed by atoms with Crippen LogP contribution in [0.25, 0.3) is 6.08 Å². The van der Waals surface area contributed by atoms with E-state index < -0.39 is 5.97 Å². The molecule has 0 radical (unpaired) electrons. The highest BCUT2D eigenvalue weighted by molar-refractivity contribution is 9.10. The standard InChI is InChI=1S/C24H17BrClNO4/c1-29-22-12-15(9-10-21(22)30-14-17-5-2-3-8-19(17)26)11-20-24(28)31-23(27-20)16-6-4-7-18(25)13-16/h2-13H,14H2,1H3. The molecule has 0 saturated carbocycles. The molecule has 0 aromatic heterocycles. The third kappa shape index (κ3) is 4.98. The summed E-state index contributed by atoms with van der Waals surface area (Å²) >= 11 is 9.59. The summed E-state index contributed by atoms with van der Waals surface area (Å²) in [5.41, 5.74) is 2.53. The molecule has 5 nitrogen and oxygen atoms in total. The first-order chi connectivity index (χ1) is 15.0. The summed E-state index contributed by atoms with van der Waals surface area (Å²) in [6.07, 6.45) is 1.65. The summed E-state index contributed by atoms with van der Waals surface area (Å²) in [5, 5.41) is 0.640. The molecule has 3 aromatic rings. The lowest BCUT2D eigenvalue weighted by Gasteiger charge is -2.12.